The molecular weight excluding hydrogens is 292 g/mol. The normalized spacial score (nSPS) is 17.0. The quantitative estimate of drug-likeness (QED) is 0.819. The van der Waals surface area contributed by atoms with Crippen molar-refractivity contribution in [3.05, 3.63) is 30.9 Å². The van der Waals surface area contributed by atoms with Crippen molar-refractivity contribution in [2.45, 2.75) is 5.03 Å². The lowest BCUT2D eigenvalue weighted by atomic mass is 10.3. The Hall–Kier alpha value is -2.13. The van der Waals surface area contributed by atoms with Crippen molar-refractivity contribution < 1.29 is 8.42 Å². The molecule has 3 rings (SSSR count). The summed E-state index contributed by atoms with van der Waals surface area (Å²) >= 11 is 0. The Kier molecular flexibility index (Phi) is 3.52. The minimum atomic E-state index is -3.50. The Balaban J connectivity index is 1.73. The molecule has 3 N–H and O–H groups in total. The molecule has 1 aliphatic rings. The summed E-state index contributed by atoms with van der Waals surface area (Å²) < 4.78 is 26.1. The van der Waals surface area contributed by atoms with Crippen LogP contribution in [0.2, 0.25) is 0 Å². The second kappa shape index (κ2) is 5.34. The van der Waals surface area contributed by atoms with E-state index in [0.717, 1.165) is 0 Å². The topological polar surface area (TPSA) is 108 Å². The number of piperazine rings is 1. The number of hydrogen-bond donors (Lipinski definition) is 2. The van der Waals surface area contributed by atoms with Crippen molar-refractivity contribution in [3.8, 4) is 0 Å². The third-order valence-corrected chi connectivity index (χ3v) is 5.27. The highest BCUT2D eigenvalue weighted by atomic mass is 32.2. The van der Waals surface area contributed by atoms with Crippen LogP contribution in [-0.2, 0) is 10.0 Å². The van der Waals surface area contributed by atoms with Crippen LogP contribution in [0.5, 0.6) is 0 Å². The van der Waals surface area contributed by atoms with Gasteiger partial charge >= 0.3 is 0 Å². The number of nitrogen functional groups attached to an aromatic ring is 1. The lowest BCUT2D eigenvalue weighted by Gasteiger charge is -2.34. The maximum Gasteiger partial charge on any atom is 0.260 e. The van der Waals surface area contributed by atoms with Crippen molar-refractivity contribution >= 4 is 21.5 Å². The van der Waals surface area contributed by atoms with Crippen LogP contribution in [-0.4, -0.2) is 53.9 Å². The monoisotopic (exact) mass is 308 g/mol. The van der Waals surface area contributed by atoms with Gasteiger partial charge in [-0.15, -0.1) is 0 Å². The SMILES string of the molecule is Nc1cccnc1N1CCN(S(=O)(=O)c2cnc[nH]2)CC1. The van der Waals surface area contributed by atoms with Gasteiger partial charge < -0.3 is 15.6 Å². The Morgan fingerprint density at radius 2 is 2.00 bits per heavy atom. The van der Waals surface area contributed by atoms with Gasteiger partial charge in [-0.3, -0.25) is 0 Å². The first-order valence-electron chi connectivity index (χ1n) is 6.53. The summed E-state index contributed by atoms with van der Waals surface area (Å²) in [6, 6.07) is 3.56. The molecule has 2 aromatic rings. The zero-order valence-electron chi connectivity index (χ0n) is 11.3. The number of H-pyrrole nitrogens is 1. The van der Waals surface area contributed by atoms with Crippen LogP contribution < -0.4 is 10.6 Å². The van der Waals surface area contributed by atoms with Crippen molar-refractivity contribution in [1.82, 2.24) is 19.3 Å². The lowest BCUT2D eigenvalue weighted by molar-refractivity contribution is 0.382. The van der Waals surface area contributed by atoms with Crippen LogP contribution in [0, 0.1) is 0 Å². The summed E-state index contributed by atoms with van der Waals surface area (Å²) in [7, 11) is -3.50. The number of anilines is 2. The van der Waals surface area contributed by atoms with Gasteiger partial charge in [0.1, 0.15) is 0 Å². The van der Waals surface area contributed by atoms with Gasteiger partial charge in [0.15, 0.2) is 10.8 Å². The van der Waals surface area contributed by atoms with Crippen LogP contribution in [0.1, 0.15) is 0 Å². The third-order valence-electron chi connectivity index (χ3n) is 3.45. The third kappa shape index (κ3) is 2.57. The number of pyridine rings is 1. The molecule has 8 nitrogen and oxygen atoms in total. The van der Waals surface area contributed by atoms with E-state index in [-0.39, 0.29) is 5.03 Å². The van der Waals surface area contributed by atoms with Gasteiger partial charge in [-0.1, -0.05) is 0 Å². The van der Waals surface area contributed by atoms with E-state index in [0.29, 0.717) is 37.7 Å². The summed E-state index contributed by atoms with van der Waals surface area (Å²) in [5, 5.41) is 0.119. The predicted octanol–water partition coefficient (Wildman–Crippen LogP) is -0.102. The van der Waals surface area contributed by atoms with E-state index >= 15 is 0 Å². The Bertz CT molecular complexity index is 707. The minimum absolute atomic E-state index is 0.119. The van der Waals surface area contributed by atoms with Crippen LogP contribution in [0.3, 0.4) is 0 Å². The maximum atomic E-state index is 12.4. The summed E-state index contributed by atoms with van der Waals surface area (Å²) in [6.07, 6.45) is 4.36. The molecule has 1 fully saturated rings. The first kappa shape index (κ1) is 13.8. The number of imidazole rings is 1. The van der Waals surface area contributed by atoms with E-state index in [1.165, 1.54) is 16.8 Å². The number of rotatable bonds is 3. The number of nitrogens with one attached hydrogen (secondary N) is 1. The zero-order chi connectivity index (χ0) is 14.9. The molecule has 0 aliphatic carbocycles. The van der Waals surface area contributed by atoms with Gasteiger partial charge in [0.05, 0.1) is 18.2 Å². The van der Waals surface area contributed by atoms with E-state index < -0.39 is 10.0 Å². The molecule has 0 saturated carbocycles. The molecule has 2 aromatic heterocycles. The molecule has 0 atom stereocenters. The van der Waals surface area contributed by atoms with Gasteiger partial charge in [-0.2, -0.15) is 4.31 Å². The van der Waals surface area contributed by atoms with Crippen LogP contribution in [0.4, 0.5) is 11.5 Å². The van der Waals surface area contributed by atoms with Crippen molar-refractivity contribution in [2.24, 2.45) is 0 Å². The molecule has 0 unspecified atom stereocenters. The number of aromatic nitrogens is 3. The number of sulfonamides is 1. The van der Waals surface area contributed by atoms with Gasteiger partial charge in [-0.25, -0.2) is 18.4 Å². The van der Waals surface area contributed by atoms with Gasteiger partial charge in [0.25, 0.3) is 10.0 Å². The Labute approximate surface area is 122 Å². The van der Waals surface area contributed by atoms with E-state index in [9.17, 15) is 8.42 Å². The van der Waals surface area contributed by atoms with E-state index in [1.807, 2.05) is 4.90 Å². The van der Waals surface area contributed by atoms with Crippen LogP contribution in [0.15, 0.2) is 35.9 Å². The smallest absolute Gasteiger partial charge is 0.260 e. The fourth-order valence-electron chi connectivity index (χ4n) is 2.34. The fourth-order valence-corrected chi connectivity index (χ4v) is 3.66. The van der Waals surface area contributed by atoms with Crippen LogP contribution >= 0.6 is 0 Å². The molecule has 9 heteroatoms. The molecule has 3 heterocycles. The molecular formula is C12H16N6O2S. The largest absolute Gasteiger partial charge is 0.396 e. The Morgan fingerprint density at radius 3 is 2.62 bits per heavy atom. The average Bonchev–Trinajstić information content (AvgIpc) is 3.03. The van der Waals surface area contributed by atoms with Gasteiger partial charge in [-0.05, 0) is 12.1 Å². The molecule has 1 saturated heterocycles. The number of hydrogen-bond acceptors (Lipinski definition) is 6. The fraction of sp³-hybridized carbons (Fsp3) is 0.333. The minimum Gasteiger partial charge on any atom is -0.396 e. The number of nitrogens with zero attached hydrogens (tertiary/aromatic N) is 4. The maximum absolute atomic E-state index is 12.4. The summed E-state index contributed by atoms with van der Waals surface area (Å²) in [4.78, 5) is 12.6. The van der Waals surface area contributed by atoms with Gasteiger partial charge in [0.2, 0.25) is 0 Å². The highest BCUT2D eigenvalue weighted by Gasteiger charge is 2.30. The molecule has 1 aliphatic heterocycles. The average molecular weight is 308 g/mol. The highest BCUT2D eigenvalue weighted by Crippen LogP contribution is 2.22. The first-order chi connectivity index (χ1) is 10.1. The zero-order valence-corrected chi connectivity index (χ0v) is 12.1. The van der Waals surface area contributed by atoms with Crippen LogP contribution in [0.25, 0.3) is 0 Å². The first-order valence-corrected chi connectivity index (χ1v) is 7.97. The number of nitrogens with two attached hydrogens (primary N) is 1. The summed E-state index contributed by atoms with van der Waals surface area (Å²) in [5.74, 6) is 0.705. The molecule has 0 radical (unpaired) electrons. The van der Waals surface area contributed by atoms with Gasteiger partial charge in [0, 0.05) is 32.4 Å². The van der Waals surface area contributed by atoms with E-state index in [4.69, 9.17) is 5.73 Å². The standard InChI is InChI=1S/C12H16N6O2S/c13-10-2-1-3-15-12(10)17-4-6-18(7-5-17)21(19,20)11-8-14-9-16-11/h1-3,8-9H,4-7,13H2,(H,14,16). The van der Waals surface area contributed by atoms with E-state index in [2.05, 4.69) is 15.0 Å². The lowest BCUT2D eigenvalue weighted by Crippen LogP contribution is -2.49. The summed E-state index contributed by atoms with van der Waals surface area (Å²) in [6.45, 7) is 1.87. The summed E-state index contributed by atoms with van der Waals surface area (Å²) in [5.41, 5.74) is 6.50. The van der Waals surface area contributed by atoms with Crippen molar-refractivity contribution in [2.75, 3.05) is 36.8 Å². The van der Waals surface area contributed by atoms with E-state index in [1.54, 1.807) is 18.3 Å². The molecule has 0 bridgehead atoms. The predicted molar refractivity (Wildman–Crippen MR) is 78.2 cm³/mol. The van der Waals surface area contributed by atoms with Crippen molar-refractivity contribution in [3.63, 3.8) is 0 Å². The number of aromatic amines is 1. The molecule has 0 aromatic carbocycles. The second-order valence-corrected chi connectivity index (χ2v) is 6.63. The Morgan fingerprint density at radius 1 is 1.24 bits per heavy atom. The second-order valence-electron chi connectivity index (χ2n) is 4.72. The molecule has 0 amide bonds. The molecule has 0 spiro atoms. The molecule has 112 valence electrons. The van der Waals surface area contributed by atoms with Crippen molar-refractivity contribution in [1.29, 1.82) is 0 Å². The molecule has 21 heavy (non-hydrogen) atoms. The highest BCUT2D eigenvalue weighted by molar-refractivity contribution is 7.89.